The molecule has 6 nitrogen and oxygen atoms in total. The molecular weight excluding hydrogens is 290 g/mol. The second kappa shape index (κ2) is 6.03. The average Bonchev–Trinajstić information content (AvgIpc) is 2.74. The molecule has 1 heterocycles. The van der Waals surface area contributed by atoms with Crippen LogP contribution in [-0.4, -0.2) is 50.4 Å². The van der Waals surface area contributed by atoms with Crippen LogP contribution in [0.15, 0.2) is 18.2 Å². The highest BCUT2D eigenvalue weighted by Gasteiger charge is 2.31. The zero-order chi connectivity index (χ0) is 15.6. The van der Waals surface area contributed by atoms with Crippen LogP contribution in [0, 0.1) is 6.92 Å². The van der Waals surface area contributed by atoms with Gasteiger partial charge in [-0.2, -0.15) is 0 Å². The topological polar surface area (TPSA) is 92.5 Å². The van der Waals surface area contributed by atoms with Gasteiger partial charge < -0.3 is 11.1 Å². The van der Waals surface area contributed by atoms with E-state index in [-0.39, 0.29) is 30.0 Å². The third-order valence-electron chi connectivity index (χ3n) is 3.76. The van der Waals surface area contributed by atoms with Gasteiger partial charge in [-0.15, -0.1) is 0 Å². The fourth-order valence-electron chi connectivity index (χ4n) is 2.44. The zero-order valence-corrected chi connectivity index (χ0v) is 13.1. The fourth-order valence-corrected chi connectivity index (χ4v) is 4.25. The summed E-state index contributed by atoms with van der Waals surface area (Å²) in [4.78, 5) is 13.9. The predicted molar refractivity (Wildman–Crippen MR) is 83.9 cm³/mol. The Bertz CT molecular complexity index is 643. The van der Waals surface area contributed by atoms with Crippen LogP contribution in [0.25, 0.3) is 0 Å². The van der Waals surface area contributed by atoms with Crippen LogP contribution in [0.1, 0.15) is 12.0 Å². The summed E-state index contributed by atoms with van der Waals surface area (Å²) >= 11 is 0. The number of hydrogen-bond acceptors (Lipinski definition) is 5. The monoisotopic (exact) mass is 311 g/mol. The van der Waals surface area contributed by atoms with Crippen molar-refractivity contribution < 1.29 is 13.2 Å². The molecule has 1 aliphatic rings. The Hall–Kier alpha value is -1.60. The first kappa shape index (κ1) is 15.8. The first-order valence-electron chi connectivity index (χ1n) is 6.83. The number of nitrogens with one attached hydrogen (secondary N) is 1. The molecule has 0 aliphatic carbocycles. The molecule has 1 unspecified atom stereocenters. The van der Waals surface area contributed by atoms with Gasteiger partial charge in [0, 0.05) is 17.4 Å². The highest BCUT2D eigenvalue weighted by atomic mass is 32.2. The van der Waals surface area contributed by atoms with Crippen LogP contribution in [0.4, 0.5) is 11.4 Å². The lowest BCUT2D eigenvalue weighted by Crippen LogP contribution is -2.38. The SMILES string of the molecule is Cc1ccc(N)cc1NC(=O)CN(C)C1CCS(=O)(=O)C1. The van der Waals surface area contributed by atoms with Gasteiger partial charge >= 0.3 is 0 Å². The van der Waals surface area contributed by atoms with E-state index in [1.165, 1.54) is 0 Å². The van der Waals surface area contributed by atoms with E-state index in [0.29, 0.717) is 17.8 Å². The van der Waals surface area contributed by atoms with Crippen LogP contribution in [0.5, 0.6) is 0 Å². The highest BCUT2D eigenvalue weighted by molar-refractivity contribution is 7.91. The van der Waals surface area contributed by atoms with E-state index in [4.69, 9.17) is 5.73 Å². The number of hydrogen-bond donors (Lipinski definition) is 2. The molecule has 3 N–H and O–H groups in total. The number of nitrogens with zero attached hydrogens (tertiary/aromatic N) is 1. The minimum Gasteiger partial charge on any atom is -0.399 e. The Labute approximate surface area is 125 Å². The highest BCUT2D eigenvalue weighted by Crippen LogP contribution is 2.19. The number of sulfone groups is 1. The zero-order valence-electron chi connectivity index (χ0n) is 12.3. The molecule has 1 aromatic carbocycles. The van der Waals surface area contributed by atoms with E-state index >= 15 is 0 Å². The van der Waals surface area contributed by atoms with Crippen LogP contribution in [-0.2, 0) is 14.6 Å². The molecule has 0 aromatic heterocycles. The van der Waals surface area contributed by atoms with E-state index in [1.807, 2.05) is 13.0 Å². The fraction of sp³-hybridized carbons (Fsp3) is 0.500. The quantitative estimate of drug-likeness (QED) is 0.796. The molecule has 2 rings (SSSR count). The van der Waals surface area contributed by atoms with E-state index in [2.05, 4.69) is 5.32 Å². The van der Waals surface area contributed by atoms with Crippen LogP contribution < -0.4 is 11.1 Å². The van der Waals surface area contributed by atoms with Gasteiger partial charge in [0.1, 0.15) is 0 Å². The van der Waals surface area contributed by atoms with Crippen molar-refractivity contribution in [2.75, 3.05) is 36.1 Å². The van der Waals surface area contributed by atoms with Gasteiger partial charge in [0.25, 0.3) is 0 Å². The van der Waals surface area contributed by atoms with Crippen molar-refractivity contribution in [3.05, 3.63) is 23.8 Å². The van der Waals surface area contributed by atoms with Crippen molar-refractivity contribution in [1.29, 1.82) is 0 Å². The maximum atomic E-state index is 12.1. The summed E-state index contributed by atoms with van der Waals surface area (Å²) in [5, 5.41) is 2.82. The third kappa shape index (κ3) is 4.18. The average molecular weight is 311 g/mol. The summed E-state index contributed by atoms with van der Waals surface area (Å²) in [6, 6.07) is 5.26. The summed E-state index contributed by atoms with van der Waals surface area (Å²) in [6.07, 6.45) is 0.587. The van der Waals surface area contributed by atoms with E-state index in [9.17, 15) is 13.2 Å². The molecule has 1 saturated heterocycles. The second-order valence-corrected chi connectivity index (χ2v) is 7.82. The molecule has 1 atom stereocenters. The molecule has 0 bridgehead atoms. The number of anilines is 2. The number of rotatable bonds is 4. The van der Waals surface area contributed by atoms with E-state index in [0.717, 1.165) is 5.56 Å². The number of aryl methyl sites for hydroxylation is 1. The molecular formula is C14H21N3O3S. The van der Waals surface area contributed by atoms with Crippen molar-refractivity contribution in [3.63, 3.8) is 0 Å². The van der Waals surface area contributed by atoms with E-state index < -0.39 is 9.84 Å². The van der Waals surface area contributed by atoms with Gasteiger partial charge in [-0.3, -0.25) is 9.69 Å². The molecule has 0 saturated carbocycles. The third-order valence-corrected chi connectivity index (χ3v) is 5.51. The molecule has 7 heteroatoms. The molecule has 0 radical (unpaired) electrons. The van der Waals surface area contributed by atoms with Crippen molar-refractivity contribution in [2.45, 2.75) is 19.4 Å². The van der Waals surface area contributed by atoms with Crippen molar-refractivity contribution in [3.8, 4) is 0 Å². The van der Waals surface area contributed by atoms with Crippen molar-refractivity contribution in [1.82, 2.24) is 4.90 Å². The molecule has 116 valence electrons. The Balaban J connectivity index is 1.94. The lowest BCUT2D eigenvalue weighted by Gasteiger charge is -2.22. The van der Waals surface area contributed by atoms with Gasteiger partial charge in [-0.05, 0) is 38.1 Å². The normalized spacial score (nSPS) is 20.6. The maximum Gasteiger partial charge on any atom is 0.238 e. The minimum atomic E-state index is -2.94. The lowest BCUT2D eigenvalue weighted by molar-refractivity contribution is -0.117. The first-order valence-corrected chi connectivity index (χ1v) is 8.65. The van der Waals surface area contributed by atoms with E-state index in [1.54, 1.807) is 24.1 Å². The summed E-state index contributed by atoms with van der Waals surface area (Å²) in [5.74, 6) is 0.168. The number of amides is 1. The number of carbonyl (C=O) groups is 1. The molecule has 1 aromatic rings. The van der Waals surface area contributed by atoms with Crippen LogP contribution in [0.3, 0.4) is 0 Å². The molecule has 1 fully saturated rings. The standard InChI is InChI=1S/C14H21N3O3S/c1-10-3-4-11(15)7-13(10)16-14(18)8-17(2)12-5-6-21(19,20)9-12/h3-4,7,12H,5-6,8-9,15H2,1-2H3,(H,16,18). The molecule has 0 spiro atoms. The maximum absolute atomic E-state index is 12.1. The van der Waals surface area contributed by atoms with Gasteiger partial charge in [0.2, 0.25) is 5.91 Å². The van der Waals surface area contributed by atoms with Gasteiger partial charge in [0.15, 0.2) is 9.84 Å². The Morgan fingerprint density at radius 3 is 2.81 bits per heavy atom. The van der Waals surface area contributed by atoms with Crippen molar-refractivity contribution in [2.24, 2.45) is 0 Å². The molecule has 1 aliphatic heterocycles. The van der Waals surface area contributed by atoms with Gasteiger partial charge in [-0.1, -0.05) is 6.07 Å². The smallest absolute Gasteiger partial charge is 0.238 e. The predicted octanol–water partition coefficient (Wildman–Crippen LogP) is 0.635. The van der Waals surface area contributed by atoms with Gasteiger partial charge in [0.05, 0.1) is 18.1 Å². The number of carbonyl (C=O) groups excluding carboxylic acids is 1. The van der Waals surface area contributed by atoms with Gasteiger partial charge in [-0.25, -0.2) is 8.42 Å². The Morgan fingerprint density at radius 2 is 2.19 bits per heavy atom. The molecule has 21 heavy (non-hydrogen) atoms. The van der Waals surface area contributed by atoms with Crippen LogP contribution in [0.2, 0.25) is 0 Å². The summed E-state index contributed by atoms with van der Waals surface area (Å²) in [5.41, 5.74) is 7.92. The summed E-state index contributed by atoms with van der Waals surface area (Å²) in [7, 11) is -1.16. The Morgan fingerprint density at radius 1 is 1.48 bits per heavy atom. The largest absolute Gasteiger partial charge is 0.399 e. The number of likely N-dealkylation sites (N-methyl/N-ethyl adjacent to an activating group) is 1. The number of benzene rings is 1. The lowest BCUT2D eigenvalue weighted by atomic mass is 10.2. The number of nitrogen functional groups attached to an aromatic ring is 1. The number of nitrogens with two attached hydrogens (primary N) is 1. The van der Waals surface area contributed by atoms with Crippen LogP contribution >= 0.6 is 0 Å². The Kier molecular flexibility index (Phi) is 4.53. The minimum absolute atomic E-state index is 0.0808. The summed E-state index contributed by atoms with van der Waals surface area (Å²) in [6.45, 7) is 2.05. The summed E-state index contributed by atoms with van der Waals surface area (Å²) < 4.78 is 22.9. The molecule has 1 amide bonds. The first-order chi connectivity index (χ1) is 9.77. The second-order valence-electron chi connectivity index (χ2n) is 5.59. The van der Waals surface area contributed by atoms with Crippen molar-refractivity contribution >= 4 is 27.1 Å².